The van der Waals surface area contributed by atoms with Gasteiger partial charge in [0.1, 0.15) is 0 Å². The average molecular weight is 268 g/mol. The largest absolute Gasteiger partial charge is 0.373 e. The SMILES string of the molecule is CC(C)CN(C(=O)CN1CCOC(C)(C)C1)C1CC1. The summed E-state index contributed by atoms with van der Waals surface area (Å²) in [6.45, 7) is 12.4. The Balaban J connectivity index is 1.87. The maximum Gasteiger partial charge on any atom is 0.237 e. The Bertz CT molecular complexity index is 324. The summed E-state index contributed by atoms with van der Waals surface area (Å²) in [4.78, 5) is 16.8. The molecule has 0 radical (unpaired) electrons. The van der Waals surface area contributed by atoms with E-state index in [2.05, 4.69) is 37.5 Å². The van der Waals surface area contributed by atoms with Crippen LogP contribution in [0.15, 0.2) is 0 Å². The van der Waals surface area contributed by atoms with Gasteiger partial charge >= 0.3 is 0 Å². The van der Waals surface area contributed by atoms with Gasteiger partial charge in [-0.3, -0.25) is 9.69 Å². The van der Waals surface area contributed by atoms with E-state index in [0.717, 1.165) is 26.2 Å². The number of hydrogen-bond acceptors (Lipinski definition) is 3. The predicted octanol–water partition coefficient (Wildman–Crippen LogP) is 1.74. The van der Waals surface area contributed by atoms with Gasteiger partial charge in [-0.05, 0) is 32.6 Å². The molecule has 1 aliphatic heterocycles. The second-order valence-corrected chi connectivity index (χ2v) is 6.99. The van der Waals surface area contributed by atoms with E-state index in [9.17, 15) is 4.79 Å². The van der Waals surface area contributed by atoms with Crippen LogP contribution in [-0.2, 0) is 9.53 Å². The molecule has 4 heteroatoms. The van der Waals surface area contributed by atoms with Gasteiger partial charge in [0.2, 0.25) is 5.91 Å². The number of hydrogen-bond donors (Lipinski definition) is 0. The van der Waals surface area contributed by atoms with Crippen LogP contribution < -0.4 is 0 Å². The van der Waals surface area contributed by atoms with Crippen LogP contribution in [0, 0.1) is 5.92 Å². The van der Waals surface area contributed by atoms with Gasteiger partial charge in [0, 0.05) is 25.7 Å². The maximum atomic E-state index is 12.5. The molecule has 0 N–H and O–H groups in total. The molecule has 0 atom stereocenters. The number of amides is 1. The van der Waals surface area contributed by atoms with Crippen molar-refractivity contribution in [2.24, 2.45) is 5.92 Å². The number of rotatable bonds is 5. The number of ether oxygens (including phenoxy) is 1. The van der Waals surface area contributed by atoms with E-state index < -0.39 is 0 Å². The van der Waals surface area contributed by atoms with Crippen molar-refractivity contribution in [2.45, 2.75) is 52.2 Å². The molecule has 110 valence electrons. The molecule has 2 fully saturated rings. The zero-order chi connectivity index (χ0) is 14.0. The molecule has 0 spiro atoms. The van der Waals surface area contributed by atoms with E-state index in [1.54, 1.807) is 0 Å². The lowest BCUT2D eigenvalue weighted by molar-refractivity contribution is -0.138. The van der Waals surface area contributed by atoms with E-state index >= 15 is 0 Å². The van der Waals surface area contributed by atoms with Crippen molar-refractivity contribution < 1.29 is 9.53 Å². The van der Waals surface area contributed by atoms with Gasteiger partial charge < -0.3 is 9.64 Å². The highest BCUT2D eigenvalue weighted by molar-refractivity contribution is 5.79. The maximum absolute atomic E-state index is 12.5. The standard InChI is InChI=1S/C15H28N2O2/c1-12(2)9-17(13-5-6-13)14(18)10-16-7-8-19-15(3,4)11-16/h12-13H,5-11H2,1-4H3. The molecule has 1 saturated heterocycles. The second kappa shape index (κ2) is 5.80. The van der Waals surface area contributed by atoms with Crippen LogP contribution in [0.3, 0.4) is 0 Å². The zero-order valence-corrected chi connectivity index (χ0v) is 12.8. The van der Waals surface area contributed by atoms with Gasteiger partial charge in [-0.2, -0.15) is 0 Å². The fraction of sp³-hybridized carbons (Fsp3) is 0.933. The lowest BCUT2D eigenvalue weighted by Gasteiger charge is -2.38. The highest BCUT2D eigenvalue weighted by atomic mass is 16.5. The number of morpholine rings is 1. The minimum Gasteiger partial charge on any atom is -0.373 e. The van der Waals surface area contributed by atoms with Crippen LogP contribution in [0.4, 0.5) is 0 Å². The van der Waals surface area contributed by atoms with Crippen LogP contribution >= 0.6 is 0 Å². The Hall–Kier alpha value is -0.610. The minimum atomic E-state index is -0.124. The molecule has 0 aromatic heterocycles. The quantitative estimate of drug-likeness (QED) is 0.761. The summed E-state index contributed by atoms with van der Waals surface area (Å²) in [7, 11) is 0. The molecular weight excluding hydrogens is 240 g/mol. The first kappa shape index (κ1) is 14.8. The van der Waals surface area contributed by atoms with E-state index in [4.69, 9.17) is 4.74 Å². The number of nitrogens with zero attached hydrogens (tertiary/aromatic N) is 2. The first-order chi connectivity index (χ1) is 8.87. The molecule has 1 amide bonds. The molecule has 1 heterocycles. The van der Waals surface area contributed by atoms with Gasteiger partial charge in [-0.1, -0.05) is 13.8 Å². The molecule has 2 aliphatic rings. The topological polar surface area (TPSA) is 32.8 Å². The third kappa shape index (κ3) is 4.46. The summed E-state index contributed by atoms with van der Waals surface area (Å²) < 4.78 is 5.70. The van der Waals surface area contributed by atoms with Crippen molar-refractivity contribution in [2.75, 3.05) is 32.8 Å². The fourth-order valence-corrected chi connectivity index (χ4v) is 2.77. The van der Waals surface area contributed by atoms with Gasteiger partial charge in [0.25, 0.3) is 0 Å². The summed E-state index contributed by atoms with van der Waals surface area (Å²) in [5, 5.41) is 0. The Morgan fingerprint density at radius 3 is 2.63 bits per heavy atom. The van der Waals surface area contributed by atoms with Crippen molar-refractivity contribution in [1.29, 1.82) is 0 Å². The summed E-state index contributed by atoms with van der Waals surface area (Å²) in [5.41, 5.74) is -0.124. The summed E-state index contributed by atoms with van der Waals surface area (Å²) in [6, 6.07) is 0.518. The Kier molecular flexibility index (Phi) is 4.51. The van der Waals surface area contributed by atoms with Crippen LogP contribution in [-0.4, -0.2) is 60.1 Å². The molecule has 4 nitrogen and oxygen atoms in total. The fourth-order valence-electron chi connectivity index (χ4n) is 2.77. The first-order valence-electron chi connectivity index (χ1n) is 7.53. The van der Waals surface area contributed by atoms with Gasteiger partial charge in [0.05, 0.1) is 18.8 Å². The highest BCUT2D eigenvalue weighted by Crippen LogP contribution is 2.28. The Labute approximate surface area is 117 Å². The van der Waals surface area contributed by atoms with Crippen molar-refractivity contribution in [3.05, 3.63) is 0 Å². The highest BCUT2D eigenvalue weighted by Gasteiger charge is 2.35. The molecule has 0 aromatic carbocycles. The Morgan fingerprint density at radius 1 is 1.42 bits per heavy atom. The number of carbonyl (C=O) groups is 1. The lowest BCUT2D eigenvalue weighted by atomic mass is 10.1. The van der Waals surface area contributed by atoms with Crippen LogP contribution in [0.1, 0.15) is 40.5 Å². The molecule has 0 aromatic rings. The van der Waals surface area contributed by atoms with Gasteiger partial charge in [0.15, 0.2) is 0 Å². The summed E-state index contributed by atoms with van der Waals surface area (Å²) >= 11 is 0. The molecule has 0 bridgehead atoms. The summed E-state index contributed by atoms with van der Waals surface area (Å²) in [5.74, 6) is 0.847. The Morgan fingerprint density at radius 2 is 2.11 bits per heavy atom. The lowest BCUT2D eigenvalue weighted by Crippen LogP contribution is -2.52. The molecule has 1 aliphatic carbocycles. The van der Waals surface area contributed by atoms with E-state index in [-0.39, 0.29) is 5.60 Å². The molecule has 1 saturated carbocycles. The first-order valence-corrected chi connectivity index (χ1v) is 7.53. The minimum absolute atomic E-state index is 0.124. The van der Waals surface area contributed by atoms with Crippen molar-refractivity contribution >= 4 is 5.91 Å². The van der Waals surface area contributed by atoms with Gasteiger partial charge in [-0.25, -0.2) is 0 Å². The second-order valence-electron chi connectivity index (χ2n) is 6.99. The predicted molar refractivity (Wildman–Crippen MR) is 76.0 cm³/mol. The van der Waals surface area contributed by atoms with E-state index in [1.807, 2.05) is 0 Å². The third-order valence-corrected chi connectivity index (χ3v) is 3.73. The van der Waals surface area contributed by atoms with Crippen molar-refractivity contribution in [3.63, 3.8) is 0 Å². The monoisotopic (exact) mass is 268 g/mol. The molecule has 2 rings (SSSR count). The van der Waals surface area contributed by atoms with Crippen molar-refractivity contribution in [1.82, 2.24) is 9.80 Å². The molecular formula is C15H28N2O2. The van der Waals surface area contributed by atoms with E-state index in [1.165, 1.54) is 12.8 Å². The smallest absolute Gasteiger partial charge is 0.237 e. The summed E-state index contributed by atoms with van der Waals surface area (Å²) in [6.07, 6.45) is 2.38. The normalized spacial score (nSPS) is 23.6. The van der Waals surface area contributed by atoms with Gasteiger partial charge in [-0.15, -0.1) is 0 Å². The van der Waals surface area contributed by atoms with E-state index in [0.29, 0.717) is 24.4 Å². The third-order valence-electron chi connectivity index (χ3n) is 3.73. The zero-order valence-electron chi connectivity index (χ0n) is 12.8. The van der Waals surface area contributed by atoms with Crippen molar-refractivity contribution in [3.8, 4) is 0 Å². The molecule has 0 unspecified atom stereocenters. The molecule has 19 heavy (non-hydrogen) atoms. The average Bonchev–Trinajstić information content (AvgIpc) is 3.07. The van der Waals surface area contributed by atoms with Crippen LogP contribution in [0.2, 0.25) is 0 Å². The van der Waals surface area contributed by atoms with Crippen LogP contribution in [0.5, 0.6) is 0 Å². The number of carbonyl (C=O) groups excluding carboxylic acids is 1. The van der Waals surface area contributed by atoms with Crippen LogP contribution in [0.25, 0.3) is 0 Å².